The second-order valence-electron chi connectivity index (χ2n) is 6.31. The summed E-state index contributed by atoms with van der Waals surface area (Å²) in [5.74, 6) is 0. The summed E-state index contributed by atoms with van der Waals surface area (Å²) in [6.07, 6.45) is 6.86. The molecule has 6 nitrogen and oxygen atoms in total. The first-order valence-electron chi connectivity index (χ1n) is 9.06. The quantitative estimate of drug-likeness (QED) is 0.515. The Labute approximate surface area is 167 Å². The molecule has 0 aliphatic rings. The van der Waals surface area contributed by atoms with Crippen LogP contribution in [-0.2, 0) is 12.8 Å². The number of nitrogens with one attached hydrogen (secondary N) is 1. The van der Waals surface area contributed by atoms with Gasteiger partial charge in [0, 0.05) is 36.1 Å². The van der Waals surface area contributed by atoms with Crippen molar-refractivity contribution in [3.05, 3.63) is 77.9 Å². The highest BCUT2D eigenvalue weighted by molar-refractivity contribution is 7.18. The Bertz CT molecular complexity index is 1120. The summed E-state index contributed by atoms with van der Waals surface area (Å²) in [5.41, 5.74) is 10.7. The number of hydrogen-bond acceptors (Lipinski definition) is 7. The molecule has 0 radical (unpaired) electrons. The minimum absolute atomic E-state index is 0.690. The van der Waals surface area contributed by atoms with Crippen molar-refractivity contribution in [1.29, 1.82) is 0 Å². The normalized spacial score (nSPS) is 11.7. The maximum atomic E-state index is 5.79. The first kappa shape index (κ1) is 18.1. The van der Waals surface area contributed by atoms with Crippen molar-refractivity contribution in [3.63, 3.8) is 0 Å². The molecule has 3 heterocycles. The van der Waals surface area contributed by atoms with E-state index in [4.69, 9.17) is 10.7 Å². The zero-order chi connectivity index (χ0) is 19.3. The lowest BCUT2D eigenvalue weighted by molar-refractivity contribution is 1.06. The van der Waals surface area contributed by atoms with Gasteiger partial charge in [-0.1, -0.05) is 48.6 Å². The largest absolute Gasteiger partial charge is 0.403 e. The van der Waals surface area contributed by atoms with Crippen LogP contribution in [-0.4, -0.2) is 20.2 Å². The van der Waals surface area contributed by atoms with Crippen LogP contribution < -0.4 is 11.1 Å². The summed E-state index contributed by atoms with van der Waals surface area (Å²) in [6, 6.07) is 14.1. The van der Waals surface area contributed by atoms with Gasteiger partial charge in [-0.15, -0.1) is 10.2 Å². The Balaban J connectivity index is 1.56. The highest BCUT2D eigenvalue weighted by atomic mass is 32.1. The molecule has 28 heavy (non-hydrogen) atoms. The number of aryl methyl sites for hydroxylation is 1. The van der Waals surface area contributed by atoms with Crippen LogP contribution in [0.15, 0.2) is 66.8 Å². The first-order valence-corrected chi connectivity index (χ1v) is 9.87. The van der Waals surface area contributed by atoms with Crippen molar-refractivity contribution in [1.82, 2.24) is 20.2 Å². The van der Waals surface area contributed by atoms with E-state index in [0.717, 1.165) is 39.3 Å². The third-order valence-corrected chi connectivity index (χ3v) is 5.27. The van der Waals surface area contributed by atoms with E-state index in [-0.39, 0.29) is 0 Å². The fourth-order valence-electron chi connectivity index (χ4n) is 2.95. The summed E-state index contributed by atoms with van der Waals surface area (Å²) < 4.78 is 0. The molecule has 0 saturated heterocycles. The number of benzene rings is 1. The number of pyridine rings is 2. The van der Waals surface area contributed by atoms with Gasteiger partial charge in [0.1, 0.15) is 5.69 Å². The van der Waals surface area contributed by atoms with Crippen LogP contribution in [0.1, 0.15) is 18.1 Å². The average molecular weight is 389 g/mol. The van der Waals surface area contributed by atoms with E-state index in [1.807, 2.05) is 42.7 Å². The maximum Gasteiger partial charge on any atom is 0.210 e. The molecule has 0 unspecified atom stereocenters. The van der Waals surface area contributed by atoms with Crippen molar-refractivity contribution in [2.75, 3.05) is 5.32 Å². The van der Waals surface area contributed by atoms with Gasteiger partial charge in [0.15, 0.2) is 5.01 Å². The topological polar surface area (TPSA) is 89.6 Å². The number of nitrogens with zero attached hydrogens (tertiary/aromatic N) is 4. The minimum atomic E-state index is 0.690. The summed E-state index contributed by atoms with van der Waals surface area (Å²) in [5, 5.41) is 14.3. The van der Waals surface area contributed by atoms with E-state index in [1.54, 1.807) is 6.20 Å². The standard InChI is InChI=1S/C21H20N6S/c1-2-15-12-23-13-16-8-9-18(25-19(15)16)20-26-27-21(28-20)24-17(11-22)10-14-6-4-3-5-7-14/h3-9,11-13H,2,10,22H2,1H3,(H,24,27)/b17-11-. The molecule has 3 N–H and O–H groups in total. The minimum Gasteiger partial charge on any atom is -0.403 e. The van der Waals surface area contributed by atoms with Gasteiger partial charge in [-0.05, 0) is 29.7 Å². The number of allylic oxidation sites excluding steroid dienone is 1. The lowest BCUT2D eigenvalue weighted by Crippen LogP contribution is -2.05. The van der Waals surface area contributed by atoms with Gasteiger partial charge in [-0.2, -0.15) is 0 Å². The highest BCUT2D eigenvalue weighted by Gasteiger charge is 2.11. The average Bonchev–Trinajstić information content (AvgIpc) is 3.21. The highest BCUT2D eigenvalue weighted by Crippen LogP contribution is 2.28. The zero-order valence-corrected chi connectivity index (χ0v) is 16.3. The molecule has 0 bridgehead atoms. The molecule has 0 aliphatic carbocycles. The summed E-state index contributed by atoms with van der Waals surface area (Å²) in [4.78, 5) is 9.07. The van der Waals surface area contributed by atoms with Crippen molar-refractivity contribution in [2.24, 2.45) is 5.73 Å². The summed E-state index contributed by atoms with van der Waals surface area (Å²) in [6.45, 7) is 2.10. The number of aromatic nitrogens is 4. The number of nitrogens with two attached hydrogens (primary N) is 1. The fraction of sp³-hybridized carbons (Fsp3) is 0.143. The SMILES string of the molecule is CCc1cncc2ccc(-c3nnc(N/C(=C\N)Cc4ccccc4)s3)nc12. The summed E-state index contributed by atoms with van der Waals surface area (Å²) in [7, 11) is 0. The van der Waals surface area contributed by atoms with Gasteiger partial charge in [-0.25, -0.2) is 4.98 Å². The van der Waals surface area contributed by atoms with E-state index < -0.39 is 0 Å². The molecule has 0 saturated carbocycles. The predicted octanol–water partition coefficient (Wildman–Crippen LogP) is 4.17. The molecular weight excluding hydrogens is 368 g/mol. The van der Waals surface area contributed by atoms with Crippen molar-refractivity contribution in [3.8, 4) is 10.7 Å². The van der Waals surface area contributed by atoms with Crippen molar-refractivity contribution < 1.29 is 0 Å². The van der Waals surface area contributed by atoms with Crippen LogP contribution in [0.2, 0.25) is 0 Å². The second kappa shape index (κ2) is 8.14. The van der Waals surface area contributed by atoms with Gasteiger partial charge in [0.2, 0.25) is 5.13 Å². The number of hydrogen-bond donors (Lipinski definition) is 2. The molecule has 140 valence electrons. The van der Waals surface area contributed by atoms with Gasteiger partial charge >= 0.3 is 0 Å². The van der Waals surface area contributed by atoms with Crippen LogP contribution in [0.3, 0.4) is 0 Å². The molecule has 0 spiro atoms. The monoisotopic (exact) mass is 388 g/mol. The summed E-state index contributed by atoms with van der Waals surface area (Å²) >= 11 is 1.45. The van der Waals surface area contributed by atoms with E-state index >= 15 is 0 Å². The van der Waals surface area contributed by atoms with Gasteiger partial charge in [-0.3, -0.25) is 4.98 Å². The van der Waals surface area contributed by atoms with Crippen LogP contribution in [0, 0.1) is 0 Å². The molecule has 3 aromatic heterocycles. The number of anilines is 1. The third-order valence-electron chi connectivity index (χ3n) is 4.41. The van der Waals surface area contributed by atoms with E-state index in [9.17, 15) is 0 Å². The van der Waals surface area contributed by atoms with Crippen LogP contribution in [0.5, 0.6) is 0 Å². The van der Waals surface area contributed by atoms with Crippen molar-refractivity contribution in [2.45, 2.75) is 19.8 Å². The number of fused-ring (bicyclic) bond motifs is 1. The van der Waals surface area contributed by atoms with Gasteiger partial charge in [0.05, 0.1) is 5.52 Å². The maximum absolute atomic E-state index is 5.79. The molecule has 7 heteroatoms. The molecule has 0 fully saturated rings. The Kier molecular flexibility index (Phi) is 5.25. The molecule has 0 atom stereocenters. The van der Waals surface area contributed by atoms with E-state index in [0.29, 0.717) is 11.6 Å². The third kappa shape index (κ3) is 3.84. The lowest BCUT2D eigenvalue weighted by Gasteiger charge is -2.07. The Morgan fingerprint density at radius 3 is 2.75 bits per heavy atom. The van der Waals surface area contributed by atoms with Crippen LogP contribution in [0.4, 0.5) is 5.13 Å². The van der Waals surface area contributed by atoms with Gasteiger partial charge < -0.3 is 11.1 Å². The molecule has 1 aromatic carbocycles. The lowest BCUT2D eigenvalue weighted by atomic mass is 10.1. The molecule has 0 amide bonds. The molecule has 4 rings (SSSR count). The smallest absolute Gasteiger partial charge is 0.210 e. The van der Waals surface area contributed by atoms with E-state index in [1.165, 1.54) is 16.9 Å². The first-order chi connectivity index (χ1) is 13.8. The Morgan fingerprint density at radius 1 is 1.11 bits per heavy atom. The Hall–Kier alpha value is -3.32. The molecular formula is C21H20N6S. The van der Waals surface area contributed by atoms with Gasteiger partial charge in [0.25, 0.3) is 0 Å². The van der Waals surface area contributed by atoms with Crippen LogP contribution >= 0.6 is 11.3 Å². The fourth-order valence-corrected chi connectivity index (χ4v) is 3.70. The Morgan fingerprint density at radius 2 is 1.96 bits per heavy atom. The zero-order valence-electron chi connectivity index (χ0n) is 15.5. The van der Waals surface area contributed by atoms with Crippen LogP contribution in [0.25, 0.3) is 21.6 Å². The van der Waals surface area contributed by atoms with E-state index in [2.05, 4.69) is 39.6 Å². The predicted molar refractivity (Wildman–Crippen MR) is 114 cm³/mol. The number of rotatable bonds is 6. The molecule has 0 aliphatic heterocycles. The molecule has 4 aromatic rings. The van der Waals surface area contributed by atoms with Crippen molar-refractivity contribution >= 4 is 27.4 Å². The second-order valence-corrected chi connectivity index (χ2v) is 7.29.